The molecule has 0 saturated heterocycles. The molecule has 1 aromatic rings. The van der Waals surface area contributed by atoms with Crippen LogP contribution in [0.1, 0.15) is 44.6 Å². The highest BCUT2D eigenvalue weighted by molar-refractivity contribution is 6.30. The van der Waals surface area contributed by atoms with Gasteiger partial charge in [0.15, 0.2) is 0 Å². The molecule has 0 amide bonds. The van der Waals surface area contributed by atoms with E-state index in [0.717, 1.165) is 29.7 Å². The van der Waals surface area contributed by atoms with Gasteiger partial charge in [0.1, 0.15) is 0 Å². The van der Waals surface area contributed by atoms with Gasteiger partial charge >= 0.3 is 0 Å². The Bertz CT molecular complexity index is 466. The van der Waals surface area contributed by atoms with Crippen molar-refractivity contribution in [2.24, 2.45) is 17.6 Å². The molecule has 0 bridgehead atoms. The fourth-order valence-corrected chi connectivity index (χ4v) is 3.14. The molecule has 3 rings (SSSR count). The van der Waals surface area contributed by atoms with E-state index in [9.17, 15) is 0 Å². The first-order valence-corrected chi connectivity index (χ1v) is 8.82. The van der Waals surface area contributed by atoms with Crippen LogP contribution in [-0.2, 0) is 6.42 Å². The van der Waals surface area contributed by atoms with Crippen molar-refractivity contribution in [3.8, 4) is 0 Å². The van der Waals surface area contributed by atoms with Crippen LogP contribution in [0.5, 0.6) is 0 Å². The molecule has 2 saturated carbocycles. The SMILES string of the molecule is CCC(N)Cc1cc(Cl)ccc1N(CC1CC1)CC1CC1. The van der Waals surface area contributed by atoms with E-state index in [0.29, 0.717) is 0 Å². The van der Waals surface area contributed by atoms with Gasteiger partial charge in [0, 0.05) is 29.8 Å². The molecule has 116 valence electrons. The second-order valence-corrected chi connectivity index (χ2v) is 7.37. The maximum absolute atomic E-state index is 6.22. The molecule has 2 aliphatic rings. The number of hydrogen-bond acceptors (Lipinski definition) is 2. The van der Waals surface area contributed by atoms with Crippen molar-refractivity contribution < 1.29 is 0 Å². The van der Waals surface area contributed by atoms with Crippen LogP contribution in [0, 0.1) is 11.8 Å². The van der Waals surface area contributed by atoms with Crippen molar-refractivity contribution in [2.45, 2.75) is 51.5 Å². The standard InChI is InChI=1S/C18H27ClN2/c1-2-17(20)10-15-9-16(19)7-8-18(15)21(11-13-3-4-13)12-14-5-6-14/h7-9,13-14,17H,2-6,10-12,20H2,1H3. The van der Waals surface area contributed by atoms with E-state index in [4.69, 9.17) is 17.3 Å². The van der Waals surface area contributed by atoms with Crippen molar-refractivity contribution in [2.75, 3.05) is 18.0 Å². The van der Waals surface area contributed by atoms with E-state index in [1.54, 1.807) is 0 Å². The fraction of sp³-hybridized carbons (Fsp3) is 0.667. The van der Waals surface area contributed by atoms with E-state index < -0.39 is 0 Å². The molecule has 0 spiro atoms. The molecule has 2 nitrogen and oxygen atoms in total. The van der Waals surface area contributed by atoms with Crippen LogP contribution in [0.25, 0.3) is 0 Å². The Kier molecular flexibility index (Phi) is 4.75. The molecule has 0 aromatic heterocycles. The van der Waals surface area contributed by atoms with Gasteiger partial charge in [0.2, 0.25) is 0 Å². The van der Waals surface area contributed by atoms with Gasteiger partial charge in [-0.15, -0.1) is 0 Å². The van der Waals surface area contributed by atoms with Crippen LogP contribution in [0.15, 0.2) is 18.2 Å². The third-order valence-corrected chi connectivity index (χ3v) is 4.97. The smallest absolute Gasteiger partial charge is 0.0410 e. The van der Waals surface area contributed by atoms with E-state index in [2.05, 4.69) is 24.0 Å². The highest BCUT2D eigenvalue weighted by atomic mass is 35.5. The van der Waals surface area contributed by atoms with Crippen molar-refractivity contribution in [3.05, 3.63) is 28.8 Å². The van der Waals surface area contributed by atoms with Crippen molar-refractivity contribution in [1.82, 2.24) is 0 Å². The number of nitrogens with two attached hydrogens (primary N) is 1. The predicted molar refractivity (Wildman–Crippen MR) is 91.1 cm³/mol. The summed E-state index contributed by atoms with van der Waals surface area (Å²) in [5.41, 5.74) is 8.90. The van der Waals surface area contributed by atoms with E-state index in [1.165, 1.54) is 50.0 Å². The lowest BCUT2D eigenvalue weighted by Crippen LogP contribution is -2.30. The Hall–Kier alpha value is -0.730. The lowest BCUT2D eigenvalue weighted by atomic mass is 10.0. The van der Waals surface area contributed by atoms with Crippen LogP contribution in [0.4, 0.5) is 5.69 Å². The molecule has 1 unspecified atom stereocenters. The Balaban J connectivity index is 1.81. The largest absolute Gasteiger partial charge is 0.371 e. The molecular weight excluding hydrogens is 280 g/mol. The van der Waals surface area contributed by atoms with Gasteiger partial charge in [-0.1, -0.05) is 18.5 Å². The molecule has 2 aliphatic carbocycles. The molecule has 1 aromatic carbocycles. The van der Waals surface area contributed by atoms with E-state index in [-0.39, 0.29) is 6.04 Å². The molecule has 2 N–H and O–H groups in total. The summed E-state index contributed by atoms with van der Waals surface area (Å²) in [4.78, 5) is 2.61. The summed E-state index contributed by atoms with van der Waals surface area (Å²) in [6.07, 6.45) is 7.55. The third kappa shape index (κ3) is 4.37. The molecular formula is C18H27ClN2. The highest BCUT2D eigenvalue weighted by Crippen LogP contribution is 2.37. The quantitative estimate of drug-likeness (QED) is 0.778. The molecule has 0 heterocycles. The third-order valence-electron chi connectivity index (χ3n) is 4.74. The maximum Gasteiger partial charge on any atom is 0.0410 e. The zero-order chi connectivity index (χ0) is 14.8. The second-order valence-electron chi connectivity index (χ2n) is 6.94. The highest BCUT2D eigenvalue weighted by Gasteiger charge is 2.30. The van der Waals surface area contributed by atoms with Crippen molar-refractivity contribution in [1.29, 1.82) is 0 Å². The number of nitrogens with zero attached hydrogens (tertiary/aromatic N) is 1. The first kappa shape index (κ1) is 15.2. The lowest BCUT2D eigenvalue weighted by molar-refractivity contribution is 0.636. The van der Waals surface area contributed by atoms with Crippen LogP contribution in [-0.4, -0.2) is 19.1 Å². The summed E-state index contributed by atoms with van der Waals surface area (Å²) >= 11 is 6.22. The van der Waals surface area contributed by atoms with E-state index in [1.807, 2.05) is 6.07 Å². The Morgan fingerprint density at radius 3 is 2.33 bits per heavy atom. The minimum absolute atomic E-state index is 0.228. The summed E-state index contributed by atoms with van der Waals surface area (Å²) in [7, 11) is 0. The van der Waals surface area contributed by atoms with Gasteiger partial charge in [0.25, 0.3) is 0 Å². The molecule has 21 heavy (non-hydrogen) atoms. The number of rotatable bonds is 8. The fourth-order valence-electron chi connectivity index (χ4n) is 2.95. The summed E-state index contributed by atoms with van der Waals surface area (Å²) in [6, 6.07) is 6.60. The molecule has 0 aliphatic heterocycles. The molecule has 1 atom stereocenters. The van der Waals surface area contributed by atoms with Crippen LogP contribution < -0.4 is 10.6 Å². The number of hydrogen-bond donors (Lipinski definition) is 1. The predicted octanol–water partition coefficient (Wildman–Crippen LogP) is 4.25. The van der Waals surface area contributed by atoms with Gasteiger partial charge in [-0.3, -0.25) is 0 Å². The summed E-state index contributed by atoms with van der Waals surface area (Å²) < 4.78 is 0. The van der Waals surface area contributed by atoms with Crippen LogP contribution in [0.2, 0.25) is 5.02 Å². The first-order chi connectivity index (χ1) is 10.2. The van der Waals surface area contributed by atoms with Gasteiger partial charge in [-0.2, -0.15) is 0 Å². The number of benzene rings is 1. The summed E-state index contributed by atoms with van der Waals surface area (Å²) in [5.74, 6) is 1.82. The van der Waals surface area contributed by atoms with Crippen LogP contribution >= 0.6 is 11.6 Å². The number of halogens is 1. The Labute approximate surface area is 133 Å². The minimum atomic E-state index is 0.228. The zero-order valence-corrected chi connectivity index (χ0v) is 13.8. The molecule has 3 heteroatoms. The van der Waals surface area contributed by atoms with Gasteiger partial charge in [-0.05, 0) is 74.1 Å². The van der Waals surface area contributed by atoms with E-state index >= 15 is 0 Å². The molecule has 0 radical (unpaired) electrons. The van der Waals surface area contributed by atoms with Gasteiger partial charge in [0.05, 0.1) is 0 Å². The normalized spacial score (nSPS) is 19.6. The van der Waals surface area contributed by atoms with Crippen molar-refractivity contribution in [3.63, 3.8) is 0 Å². The Morgan fingerprint density at radius 1 is 1.19 bits per heavy atom. The Morgan fingerprint density at radius 2 is 1.81 bits per heavy atom. The minimum Gasteiger partial charge on any atom is -0.371 e. The van der Waals surface area contributed by atoms with Gasteiger partial charge in [-0.25, -0.2) is 0 Å². The van der Waals surface area contributed by atoms with Gasteiger partial charge < -0.3 is 10.6 Å². The first-order valence-electron chi connectivity index (χ1n) is 8.44. The average molecular weight is 307 g/mol. The summed E-state index contributed by atoms with van der Waals surface area (Å²) in [6.45, 7) is 4.58. The summed E-state index contributed by atoms with van der Waals surface area (Å²) in [5, 5.41) is 0.829. The van der Waals surface area contributed by atoms with Crippen molar-refractivity contribution >= 4 is 17.3 Å². The lowest BCUT2D eigenvalue weighted by Gasteiger charge is -2.28. The topological polar surface area (TPSA) is 29.3 Å². The second kappa shape index (κ2) is 6.58. The van der Waals surface area contributed by atoms with Crippen LogP contribution in [0.3, 0.4) is 0 Å². The monoisotopic (exact) mass is 306 g/mol. The average Bonchev–Trinajstić information content (AvgIpc) is 3.34. The zero-order valence-electron chi connectivity index (χ0n) is 13.0. The molecule has 2 fully saturated rings. The number of anilines is 1. The maximum atomic E-state index is 6.22.